The molecule has 4 aliphatic rings. The molecular formula is C45H72O14S2. The summed E-state index contributed by atoms with van der Waals surface area (Å²) in [6.45, 7) is 12.3. The molecular weight excluding hydrogens is 829 g/mol. The lowest BCUT2D eigenvalue weighted by Crippen LogP contribution is -2.42. The molecule has 2 saturated heterocycles. The predicted octanol–water partition coefficient (Wildman–Crippen LogP) is 7.70. The van der Waals surface area contributed by atoms with Crippen molar-refractivity contribution in [1.82, 2.24) is 0 Å². The van der Waals surface area contributed by atoms with Crippen LogP contribution in [-0.4, -0.2) is 133 Å². The zero-order valence-corrected chi connectivity index (χ0v) is 38.6. The maximum atomic E-state index is 12.8. The zero-order chi connectivity index (χ0) is 43.7. The van der Waals surface area contributed by atoms with Gasteiger partial charge in [-0.2, -0.15) is 0 Å². The minimum absolute atomic E-state index is 0.00596. The van der Waals surface area contributed by atoms with Crippen molar-refractivity contribution < 1.29 is 66.5 Å². The summed E-state index contributed by atoms with van der Waals surface area (Å²) >= 11 is 0. The van der Waals surface area contributed by atoms with Crippen LogP contribution in [0, 0.1) is 29.6 Å². The van der Waals surface area contributed by atoms with Crippen LogP contribution in [0.25, 0.3) is 0 Å². The molecule has 348 valence electrons. The summed E-state index contributed by atoms with van der Waals surface area (Å²) in [5.41, 5.74) is 1.22. The van der Waals surface area contributed by atoms with Crippen molar-refractivity contribution in [3.05, 3.63) is 23.8 Å². The lowest BCUT2D eigenvalue weighted by Gasteiger charge is -2.43. The molecule has 0 aromatic carbocycles. The van der Waals surface area contributed by atoms with Gasteiger partial charge in [-0.3, -0.25) is 14.4 Å². The van der Waals surface area contributed by atoms with Crippen molar-refractivity contribution in [2.24, 2.45) is 29.6 Å². The van der Waals surface area contributed by atoms with Gasteiger partial charge >= 0.3 is 24.1 Å². The summed E-state index contributed by atoms with van der Waals surface area (Å²) in [5.74, 6) is 1.27. The van der Waals surface area contributed by atoms with E-state index in [0.29, 0.717) is 84.6 Å². The van der Waals surface area contributed by atoms with E-state index in [1.807, 2.05) is 35.4 Å². The minimum atomic E-state index is -0.845. The molecule has 9 atom stereocenters. The molecule has 2 aliphatic carbocycles. The summed E-state index contributed by atoms with van der Waals surface area (Å²) < 4.78 is 55.2. The van der Waals surface area contributed by atoms with E-state index >= 15 is 0 Å². The van der Waals surface area contributed by atoms with Gasteiger partial charge in [0.1, 0.15) is 31.5 Å². The summed E-state index contributed by atoms with van der Waals surface area (Å²) in [5, 5.41) is 0.748. The van der Waals surface area contributed by atoms with Crippen LogP contribution >= 0.6 is 21.6 Å². The average molecular weight is 901 g/mol. The summed E-state index contributed by atoms with van der Waals surface area (Å²) in [6.07, 6.45) is 12.8. The van der Waals surface area contributed by atoms with Gasteiger partial charge in [0.2, 0.25) is 0 Å². The Labute approximate surface area is 371 Å². The van der Waals surface area contributed by atoms with Gasteiger partial charge in [0.05, 0.1) is 78.4 Å². The lowest BCUT2D eigenvalue weighted by atomic mass is 9.65. The fourth-order valence-corrected chi connectivity index (χ4v) is 11.0. The number of ether oxygens (including phenoxy) is 10. The van der Waals surface area contributed by atoms with E-state index in [1.54, 1.807) is 0 Å². The van der Waals surface area contributed by atoms with E-state index in [0.717, 1.165) is 37.4 Å². The standard InChI is InChI=1S/C45H72O14S2/c1-5-33(3)44(48)59-40-29-32(2)28-35-11-10-34(4)39(43(35)40)13-12-36-30-37(31-42(47)57-36)58-45(49)56-26-24-54-22-20-52-18-16-50-15-17-51-19-21-53-23-25-55-41(46)9-7-6-8-38-14-27-60-61-38/h10-11,28,32-34,36-40,43H,5-9,12-27,29-31H2,1-4H3/t32?,33?,34-,36?,37?,38?,39?,40?,43?/m0/s1. The maximum Gasteiger partial charge on any atom is 0.508 e. The Morgan fingerprint density at radius 2 is 1.44 bits per heavy atom. The normalized spacial score (nSPS) is 26.5. The molecule has 2 heterocycles. The molecule has 0 aromatic rings. The van der Waals surface area contributed by atoms with Crippen LogP contribution in [0.4, 0.5) is 4.79 Å². The molecule has 2 fully saturated rings. The molecule has 16 heteroatoms. The number of carbonyl (C=O) groups is 4. The third-order valence-electron chi connectivity index (χ3n) is 11.5. The number of fused-ring (bicyclic) bond motifs is 1. The number of hydrogen-bond acceptors (Lipinski definition) is 16. The molecule has 61 heavy (non-hydrogen) atoms. The largest absolute Gasteiger partial charge is 0.508 e. The second kappa shape index (κ2) is 29.9. The minimum Gasteiger partial charge on any atom is -0.463 e. The molecule has 0 N–H and O–H groups in total. The first-order chi connectivity index (χ1) is 29.6. The van der Waals surface area contributed by atoms with Gasteiger partial charge in [0.25, 0.3) is 0 Å². The Morgan fingerprint density at radius 1 is 0.803 bits per heavy atom. The molecule has 0 spiro atoms. The fourth-order valence-electron chi connectivity index (χ4n) is 7.97. The predicted molar refractivity (Wildman–Crippen MR) is 233 cm³/mol. The highest BCUT2D eigenvalue weighted by atomic mass is 33.1. The Balaban J connectivity index is 0.944. The van der Waals surface area contributed by atoms with Crippen molar-refractivity contribution in [1.29, 1.82) is 0 Å². The first kappa shape index (κ1) is 51.3. The number of cyclic esters (lactones) is 1. The van der Waals surface area contributed by atoms with Crippen molar-refractivity contribution >= 4 is 45.7 Å². The van der Waals surface area contributed by atoms with Crippen LogP contribution in [0.2, 0.25) is 0 Å². The highest BCUT2D eigenvalue weighted by Crippen LogP contribution is 2.45. The molecule has 0 amide bonds. The van der Waals surface area contributed by atoms with Gasteiger partial charge in [-0.05, 0) is 68.3 Å². The first-order valence-corrected chi connectivity index (χ1v) is 25.0. The topological polar surface area (TPSA) is 161 Å². The number of carbonyl (C=O) groups excluding carboxylic acids is 4. The third-order valence-corrected chi connectivity index (χ3v) is 14.5. The Kier molecular flexibility index (Phi) is 25.2. The van der Waals surface area contributed by atoms with E-state index in [-0.39, 0.29) is 74.1 Å². The second-order valence-corrected chi connectivity index (χ2v) is 19.2. The monoisotopic (exact) mass is 900 g/mol. The number of rotatable bonds is 30. The van der Waals surface area contributed by atoms with Gasteiger partial charge in [0.15, 0.2) is 0 Å². The van der Waals surface area contributed by atoms with Crippen LogP contribution in [0.3, 0.4) is 0 Å². The molecule has 0 bridgehead atoms. The van der Waals surface area contributed by atoms with Gasteiger partial charge in [0, 0.05) is 29.8 Å². The van der Waals surface area contributed by atoms with Crippen LogP contribution < -0.4 is 0 Å². The average Bonchev–Trinajstić information content (AvgIpc) is 3.76. The number of allylic oxidation sites excluding steroid dienone is 3. The summed E-state index contributed by atoms with van der Waals surface area (Å²) in [4.78, 5) is 49.6. The number of hydrogen-bond donors (Lipinski definition) is 0. The van der Waals surface area contributed by atoms with Gasteiger partial charge < -0.3 is 47.4 Å². The van der Waals surface area contributed by atoms with E-state index in [9.17, 15) is 19.2 Å². The van der Waals surface area contributed by atoms with Crippen molar-refractivity contribution in [3.63, 3.8) is 0 Å². The number of unbranched alkanes of at least 4 members (excludes halogenated alkanes) is 1. The van der Waals surface area contributed by atoms with Gasteiger partial charge in [-0.25, -0.2) is 4.79 Å². The molecule has 8 unspecified atom stereocenters. The molecule has 14 nitrogen and oxygen atoms in total. The Hall–Kier alpha value is -2.34. The van der Waals surface area contributed by atoms with Crippen LogP contribution in [0.5, 0.6) is 0 Å². The zero-order valence-electron chi connectivity index (χ0n) is 36.9. The van der Waals surface area contributed by atoms with E-state index in [2.05, 4.69) is 32.1 Å². The molecule has 4 rings (SSSR count). The first-order valence-electron chi connectivity index (χ1n) is 22.6. The van der Waals surface area contributed by atoms with Crippen LogP contribution in [-0.2, 0) is 61.8 Å². The smallest absolute Gasteiger partial charge is 0.463 e. The lowest BCUT2D eigenvalue weighted by molar-refractivity contribution is -0.163. The molecule has 0 radical (unpaired) electrons. The molecule has 0 aromatic heterocycles. The van der Waals surface area contributed by atoms with Crippen LogP contribution in [0.1, 0.15) is 98.3 Å². The summed E-state index contributed by atoms with van der Waals surface area (Å²) in [7, 11) is 3.92. The van der Waals surface area contributed by atoms with Crippen molar-refractivity contribution in [2.75, 3.05) is 85.0 Å². The third kappa shape index (κ3) is 20.4. The van der Waals surface area contributed by atoms with Crippen LogP contribution in [0.15, 0.2) is 23.8 Å². The fraction of sp³-hybridized carbons (Fsp3) is 0.822. The van der Waals surface area contributed by atoms with E-state index in [1.165, 1.54) is 24.2 Å². The second-order valence-electron chi connectivity index (χ2n) is 16.4. The Bertz CT molecular complexity index is 1360. The SMILES string of the molecule is CCC(C)C(=O)OC1CC(C)C=C2C=C[C@H](C)C(CCC3CC(OC(=O)OCCOCCOCCOCCOCCOCCOC(=O)CCCCC4CCSS4)CC(=O)O3)C21. The van der Waals surface area contributed by atoms with Gasteiger partial charge in [-0.15, -0.1) is 0 Å². The molecule has 2 aliphatic heterocycles. The van der Waals surface area contributed by atoms with Crippen molar-refractivity contribution in [3.8, 4) is 0 Å². The van der Waals surface area contributed by atoms with Gasteiger partial charge in [-0.1, -0.05) is 73.9 Å². The molecule has 0 saturated carbocycles. The van der Waals surface area contributed by atoms with E-state index < -0.39 is 18.2 Å². The quantitative estimate of drug-likeness (QED) is 0.0298. The van der Waals surface area contributed by atoms with Crippen molar-refractivity contribution in [2.45, 2.75) is 122 Å². The maximum absolute atomic E-state index is 12.8. The Morgan fingerprint density at radius 3 is 2.07 bits per heavy atom. The highest BCUT2D eigenvalue weighted by molar-refractivity contribution is 8.77. The highest BCUT2D eigenvalue weighted by Gasteiger charge is 2.42. The number of esters is 3. The summed E-state index contributed by atoms with van der Waals surface area (Å²) in [6, 6.07) is 0. The van der Waals surface area contributed by atoms with E-state index in [4.69, 9.17) is 47.4 Å².